The maximum atomic E-state index is 12.6. The van der Waals surface area contributed by atoms with Gasteiger partial charge in [0.05, 0.1) is 0 Å². The van der Waals surface area contributed by atoms with Gasteiger partial charge in [0.25, 0.3) is 5.91 Å². The van der Waals surface area contributed by atoms with Gasteiger partial charge >= 0.3 is 0 Å². The zero-order valence-corrected chi connectivity index (χ0v) is 16.2. The van der Waals surface area contributed by atoms with Crippen LogP contribution in [-0.2, 0) is 9.63 Å². The molecule has 5 nitrogen and oxygen atoms in total. The second kappa shape index (κ2) is 8.05. The third-order valence-electron chi connectivity index (χ3n) is 4.94. The number of oxime groups is 1. The van der Waals surface area contributed by atoms with E-state index in [2.05, 4.69) is 27.5 Å². The number of hydrogen-bond donors (Lipinski definition) is 1. The maximum Gasteiger partial charge on any atom is 0.273 e. The average Bonchev–Trinajstić information content (AvgIpc) is 3.21. The lowest BCUT2D eigenvalue weighted by Crippen LogP contribution is -2.32. The van der Waals surface area contributed by atoms with Crippen LogP contribution in [0.2, 0.25) is 0 Å². The minimum atomic E-state index is -0.196. The number of thioether (sulfide) groups is 1. The first-order chi connectivity index (χ1) is 13.2. The van der Waals surface area contributed by atoms with Gasteiger partial charge in [-0.3, -0.25) is 4.79 Å². The molecule has 1 saturated heterocycles. The molecule has 6 heteroatoms. The van der Waals surface area contributed by atoms with E-state index in [1.807, 2.05) is 55.1 Å². The van der Waals surface area contributed by atoms with E-state index in [4.69, 9.17) is 4.84 Å². The molecule has 0 unspecified atom stereocenters. The molecule has 2 aliphatic heterocycles. The van der Waals surface area contributed by atoms with Gasteiger partial charge in [-0.1, -0.05) is 35.5 Å². The van der Waals surface area contributed by atoms with E-state index >= 15 is 0 Å². The van der Waals surface area contributed by atoms with Crippen LogP contribution in [0.4, 0.5) is 11.4 Å². The molecule has 140 valence electrons. The summed E-state index contributed by atoms with van der Waals surface area (Å²) < 4.78 is 0. The third kappa shape index (κ3) is 4.11. The van der Waals surface area contributed by atoms with Gasteiger partial charge in [0, 0.05) is 42.4 Å². The van der Waals surface area contributed by atoms with Crippen LogP contribution < -0.4 is 10.2 Å². The first kappa shape index (κ1) is 17.9. The highest BCUT2D eigenvalue weighted by atomic mass is 32.2. The second-order valence-corrected chi connectivity index (χ2v) is 8.02. The van der Waals surface area contributed by atoms with Crippen LogP contribution in [0.3, 0.4) is 0 Å². The molecule has 1 fully saturated rings. The second-order valence-electron chi connectivity index (χ2n) is 6.80. The van der Waals surface area contributed by atoms with Crippen LogP contribution in [-0.4, -0.2) is 36.2 Å². The predicted molar refractivity (Wildman–Crippen MR) is 112 cm³/mol. The molecule has 2 heterocycles. The summed E-state index contributed by atoms with van der Waals surface area (Å²) >= 11 is 2.00. The zero-order valence-electron chi connectivity index (χ0n) is 15.4. The predicted octanol–water partition coefficient (Wildman–Crippen LogP) is 4.00. The maximum absolute atomic E-state index is 12.6. The Morgan fingerprint density at radius 3 is 2.70 bits per heavy atom. The molecule has 27 heavy (non-hydrogen) atoms. The van der Waals surface area contributed by atoms with Crippen molar-refractivity contribution in [3.63, 3.8) is 0 Å². The quantitative estimate of drug-likeness (QED) is 0.870. The van der Waals surface area contributed by atoms with Crippen molar-refractivity contribution in [3.8, 4) is 0 Å². The number of rotatable bonds is 4. The Hall–Kier alpha value is -2.47. The lowest BCUT2D eigenvalue weighted by molar-refractivity contribution is -0.110. The Morgan fingerprint density at radius 1 is 1.19 bits per heavy atom. The Kier molecular flexibility index (Phi) is 5.34. The number of carbonyl (C=O) groups is 1. The van der Waals surface area contributed by atoms with Gasteiger partial charge in [0.1, 0.15) is 5.71 Å². The summed E-state index contributed by atoms with van der Waals surface area (Å²) in [6.45, 7) is 4.17. The van der Waals surface area contributed by atoms with Crippen molar-refractivity contribution in [2.24, 2.45) is 5.16 Å². The third-order valence-corrected chi connectivity index (χ3v) is 5.88. The molecule has 0 spiro atoms. The number of amides is 1. The van der Waals surface area contributed by atoms with E-state index in [-0.39, 0.29) is 12.0 Å². The van der Waals surface area contributed by atoms with Gasteiger partial charge in [-0.05, 0) is 36.2 Å². The summed E-state index contributed by atoms with van der Waals surface area (Å²) in [7, 11) is 0. The van der Waals surface area contributed by atoms with E-state index in [1.165, 1.54) is 17.2 Å². The summed E-state index contributed by atoms with van der Waals surface area (Å²) in [4.78, 5) is 20.5. The van der Waals surface area contributed by atoms with Gasteiger partial charge in [-0.25, -0.2) is 0 Å². The smallest absolute Gasteiger partial charge is 0.273 e. The molecule has 2 aromatic rings. The standard InChI is InChI=1S/C21H23N3O2S/c1-15-13-17(24-9-11-27-12-10-24)7-8-18(15)22-21(25)19-14-20(26-23-19)16-5-3-2-4-6-16/h2-8,13,20H,9-12,14H2,1H3,(H,22,25)/t20-/m0/s1. The SMILES string of the molecule is Cc1cc(N2CCSCC2)ccc1NC(=O)C1=NO[C@H](c2ccccc2)C1. The van der Waals surface area contributed by atoms with E-state index < -0.39 is 0 Å². The van der Waals surface area contributed by atoms with Gasteiger partial charge in [-0.2, -0.15) is 11.8 Å². The van der Waals surface area contributed by atoms with Crippen LogP contribution in [0.5, 0.6) is 0 Å². The number of nitrogens with zero attached hydrogens (tertiary/aromatic N) is 2. The molecule has 4 rings (SSSR count). The van der Waals surface area contributed by atoms with Gasteiger partial charge in [0.15, 0.2) is 6.10 Å². The summed E-state index contributed by atoms with van der Waals surface area (Å²) in [5.74, 6) is 2.14. The normalized spacial score (nSPS) is 19.4. The van der Waals surface area contributed by atoms with Crippen LogP contribution in [0, 0.1) is 6.92 Å². The molecule has 0 bridgehead atoms. The number of hydrogen-bond acceptors (Lipinski definition) is 5. The van der Waals surface area contributed by atoms with Crippen molar-refractivity contribution < 1.29 is 9.63 Å². The van der Waals surface area contributed by atoms with Crippen molar-refractivity contribution in [2.45, 2.75) is 19.4 Å². The molecule has 2 aromatic carbocycles. The van der Waals surface area contributed by atoms with Crippen molar-refractivity contribution in [1.29, 1.82) is 0 Å². The molecule has 1 atom stereocenters. The van der Waals surface area contributed by atoms with Crippen LogP contribution in [0.25, 0.3) is 0 Å². The van der Waals surface area contributed by atoms with E-state index in [0.29, 0.717) is 12.1 Å². The molecule has 0 aliphatic carbocycles. The van der Waals surface area contributed by atoms with Crippen LogP contribution in [0.1, 0.15) is 23.7 Å². The lowest BCUT2D eigenvalue weighted by atomic mass is 10.0. The van der Waals surface area contributed by atoms with E-state index in [9.17, 15) is 4.79 Å². The Balaban J connectivity index is 1.39. The summed E-state index contributed by atoms with van der Waals surface area (Å²) in [6.07, 6.45) is 0.297. The monoisotopic (exact) mass is 381 g/mol. The fourth-order valence-electron chi connectivity index (χ4n) is 3.36. The molecular formula is C21H23N3O2S. The van der Waals surface area contributed by atoms with Gasteiger partial charge in [0.2, 0.25) is 0 Å². The van der Waals surface area contributed by atoms with E-state index in [0.717, 1.165) is 29.9 Å². The molecule has 1 amide bonds. The fourth-order valence-corrected chi connectivity index (χ4v) is 4.26. The highest BCUT2D eigenvalue weighted by molar-refractivity contribution is 7.99. The Labute approximate surface area is 163 Å². The minimum absolute atomic E-state index is 0.188. The number of aryl methyl sites for hydroxylation is 1. The summed E-state index contributed by atoms with van der Waals surface area (Å²) in [6, 6.07) is 16.1. The molecule has 0 aromatic heterocycles. The molecular weight excluding hydrogens is 358 g/mol. The van der Waals surface area contributed by atoms with Crippen LogP contribution >= 0.6 is 11.8 Å². The largest absolute Gasteiger partial charge is 0.387 e. The first-order valence-electron chi connectivity index (χ1n) is 9.23. The Bertz CT molecular complexity index is 848. The van der Waals surface area contributed by atoms with Gasteiger partial charge < -0.3 is 15.1 Å². The number of benzene rings is 2. The lowest BCUT2D eigenvalue weighted by Gasteiger charge is -2.29. The zero-order chi connectivity index (χ0) is 18.6. The number of nitrogens with one attached hydrogen (secondary N) is 1. The van der Waals surface area contributed by atoms with Crippen LogP contribution in [0.15, 0.2) is 53.7 Å². The number of anilines is 2. The fraction of sp³-hybridized carbons (Fsp3) is 0.333. The van der Waals surface area contributed by atoms with Gasteiger partial charge in [-0.15, -0.1) is 0 Å². The highest BCUT2D eigenvalue weighted by Gasteiger charge is 2.27. The molecule has 1 N–H and O–H groups in total. The first-order valence-corrected chi connectivity index (χ1v) is 10.4. The Morgan fingerprint density at radius 2 is 1.96 bits per heavy atom. The summed E-state index contributed by atoms with van der Waals surface area (Å²) in [5, 5.41) is 6.99. The molecule has 0 saturated carbocycles. The molecule has 2 aliphatic rings. The highest BCUT2D eigenvalue weighted by Crippen LogP contribution is 2.28. The summed E-state index contributed by atoms with van der Waals surface area (Å²) in [5.41, 5.74) is 4.56. The molecule has 0 radical (unpaired) electrons. The van der Waals surface area contributed by atoms with Crippen molar-refractivity contribution in [3.05, 3.63) is 59.7 Å². The minimum Gasteiger partial charge on any atom is -0.387 e. The average molecular weight is 382 g/mol. The van der Waals surface area contributed by atoms with E-state index in [1.54, 1.807) is 0 Å². The number of carbonyl (C=O) groups excluding carboxylic acids is 1. The van der Waals surface area contributed by atoms with Crippen molar-refractivity contribution >= 4 is 34.8 Å². The van der Waals surface area contributed by atoms with Crippen molar-refractivity contribution in [1.82, 2.24) is 0 Å². The topological polar surface area (TPSA) is 53.9 Å². The van der Waals surface area contributed by atoms with Crippen molar-refractivity contribution in [2.75, 3.05) is 34.8 Å².